The molecular weight excluding hydrogens is 270 g/mol. The molecule has 0 spiro atoms. The predicted octanol–water partition coefficient (Wildman–Crippen LogP) is 2.71. The Balaban J connectivity index is 0.00000112. The molecule has 0 unspecified atom stereocenters. The van der Waals surface area contributed by atoms with Crippen LogP contribution in [0.5, 0.6) is 5.88 Å². The maximum Gasteiger partial charge on any atom is 0.213 e. The van der Waals surface area contributed by atoms with E-state index < -0.39 is 0 Å². The molecular formula is C10H15Cl3N2O. The van der Waals surface area contributed by atoms with E-state index in [0.29, 0.717) is 17.0 Å². The van der Waals surface area contributed by atoms with E-state index in [0.717, 1.165) is 25.9 Å². The first-order valence-electron chi connectivity index (χ1n) is 4.83. The molecule has 0 aliphatic carbocycles. The van der Waals surface area contributed by atoms with E-state index in [2.05, 4.69) is 10.3 Å². The van der Waals surface area contributed by atoms with Crippen LogP contribution in [0.25, 0.3) is 0 Å². The second-order valence-electron chi connectivity index (χ2n) is 3.38. The van der Waals surface area contributed by atoms with E-state index >= 15 is 0 Å². The second kappa shape index (κ2) is 7.96. The minimum Gasteiger partial charge on any atom is -0.474 e. The van der Waals surface area contributed by atoms with Gasteiger partial charge >= 0.3 is 0 Å². The highest BCUT2D eigenvalue weighted by atomic mass is 35.5. The molecule has 6 heteroatoms. The van der Waals surface area contributed by atoms with Gasteiger partial charge in [-0.25, -0.2) is 4.98 Å². The van der Waals surface area contributed by atoms with E-state index in [4.69, 9.17) is 16.3 Å². The average Bonchev–Trinajstić information content (AvgIpc) is 2.23. The molecule has 0 radical (unpaired) electrons. The zero-order valence-corrected chi connectivity index (χ0v) is 11.1. The lowest BCUT2D eigenvalue weighted by Gasteiger charge is -2.23. The van der Waals surface area contributed by atoms with Crippen molar-refractivity contribution in [3.63, 3.8) is 0 Å². The first-order chi connectivity index (χ1) is 6.84. The van der Waals surface area contributed by atoms with Crippen molar-refractivity contribution in [3.8, 4) is 5.88 Å². The van der Waals surface area contributed by atoms with Crippen molar-refractivity contribution >= 4 is 36.4 Å². The van der Waals surface area contributed by atoms with Gasteiger partial charge in [0.1, 0.15) is 6.10 Å². The number of halogens is 3. The SMILES string of the molecule is Cl.Cl.Clc1ccc(OC2CCNCC2)nc1. The molecule has 0 bridgehead atoms. The summed E-state index contributed by atoms with van der Waals surface area (Å²) in [6, 6.07) is 3.61. The minimum atomic E-state index is 0. The van der Waals surface area contributed by atoms with E-state index in [-0.39, 0.29) is 24.8 Å². The van der Waals surface area contributed by atoms with Crippen LogP contribution in [0.3, 0.4) is 0 Å². The van der Waals surface area contributed by atoms with E-state index in [1.165, 1.54) is 0 Å². The van der Waals surface area contributed by atoms with Crippen molar-refractivity contribution in [1.29, 1.82) is 0 Å². The molecule has 2 rings (SSSR count). The van der Waals surface area contributed by atoms with Gasteiger partial charge in [0.25, 0.3) is 0 Å². The molecule has 1 aromatic heterocycles. The fraction of sp³-hybridized carbons (Fsp3) is 0.500. The maximum absolute atomic E-state index is 5.73. The largest absolute Gasteiger partial charge is 0.474 e. The van der Waals surface area contributed by atoms with Gasteiger partial charge in [0.15, 0.2) is 0 Å². The fourth-order valence-corrected chi connectivity index (χ4v) is 1.63. The standard InChI is InChI=1S/C10H13ClN2O.2ClH/c11-8-1-2-10(13-7-8)14-9-3-5-12-6-4-9;;/h1-2,7,9,12H,3-6H2;2*1H. The van der Waals surface area contributed by atoms with Gasteiger partial charge in [-0.1, -0.05) is 11.6 Å². The first kappa shape index (κ1) is 15.8. The molecule has 92 valence electrons. The molecule has 0 aromatic carbocycles. The summed E-state index contributed by atoms with van der Waals surface area (Å²) in [5.41, 5.74) is 0. The van der Waals surface area contributed by atoms with Crippen LogP contribution in [0, 0.1) is 0 Å². The number of aromatic nitrogens is 1. The lowest BCUT2D eigenvalue weighted by molar-refractivity contribution is 0.156. The van der Waals surface area contributed by atoms with Crippen LogP contribution in [0.2, 0.25) is 5.02 Å². The van der Waals surface area contributed by atoms with Crippen LogP contribution in [0.15, 0.2) is 18.3 Å². The summed E-state index contributed by atoms with van der Waals surface area (Å²) in [5, 5.41) is 3.93. The van der Waals surface area contributed by atoms with Crippen molar-refractivity contribution in [1.82, 2.24) is 10.3 Å². The summed E-state index contributed by atoms with van der Waals surface area (Å²) < 4.78 is 5.70. The zero-order chi connectivity index (χ0) is 9.80. The van der Waals surface area contributed by atoms with Crippen LogP contribution in [0.1, 0.15) is 12.8 Å². The number of nitrogens with one attached hydrogen (secondary N) is 1. The van der Waals surface area contributed by atoms with Crippen LogP contribution < -0.4 is 10.1 Å². The van der Waals surface area contributed by atoms with E-state index in [1.807, 2.05) is 6.07 Å². The van der Waals surface area contributed by atoms with Crippen LogP contribution in [0.4, 0.5) is 0 Å². The third-order valence-corrected chi connectivity index (χ3v) is 2.50. The number of pyridine rings is 1. The molecule has 1 N–H and O–H groups in total. The Morgan fingerprint density at radius 1 is 1.25 bits per heavy atom. The molecule has 1 saturated heterocycles. The number of hydrogen-bond acceptors (Lipinski definition) is 3. The minimum absolute atomic E-state index is 0. The first-order valence-corrected chi connectivity index (χ1v) is 5.21. The Morgan fingerprint density at radius 3 is 2.50 bits per heavy atom. The van der Waals surface area contributed by atoms with Crippen LogP contribution in [-0.4, -0.2) is 24.2 Å². The molecule has 2 heterocycles. The molecule has 0 saturated carbocycles. The van der Waals surface area contributed by atoms with Gasteiger partial charge < -0.3 is 10.1 Å². The van der Waals surface area contributed by atoms with Gasteiger partial charge in [0.2, 0.25) is 5.88 Å². The quantitative estimate of drug-likeness (QED) is 0.907. The van der Waals surface area contributed by atoms with E-state index in [9.17, 15) is 0 Å². The molecule has 1 aliphatic rings. The number of ether oxygens (including phenoxy) is 1. The van der Waals surface area contributed by atoms with Crippen molar-refractivity contribution in [2.45, 2.75) is 18.9 Å². The summed E-state index contributed by atoms with van der Waals surface area (Å²) in [6.07, 6.45) is 4.00. The van der Waals surface area contributed by atoms with Crippen LogP contribution >= 0.6 is 36.4 Å². The van der Waals surface area contributed by atoms with E-state index in [1.54, 1.807) is 12.3 Å². The Labute approximate surface area is 113 Å². The Hall–Kier alpha value is -0.220. The van der Waals surface area contributed by atoms with Gasteiger partial charge in [0.05, 0.1) is 5.02 Å². The highest BCUT2D eigenvalue weighted by Crippen LogP contribution is 2.15. The summed E-state index contributed by atoms with van der Waals surface area (Å²) in [5.74, 6) is 0.668. The summed E-state index contributed by atoms with van der Waals surface area (Å²) in [7, 11) is 0. The molecule has 1 fully saturated rings. The average molecular weight is 286 g/mol. The Kier molecular flexibility index (Phi) is 7.85. The molecule has 0 atom stereocenters. The summed E-state index contributed by atoms with van der Waals surface area (Å²) in [6.45, 7) is 2.05. The maximum atomic E-state index is 5.73. The monoisotopic (exact) mass is 284 g/mol. The van der Waals surface area contributed by atoms with Crippen molar-refractivity contribution in [3.05, 3.63) is 23.4 Å². The van der Waals surface area contributed by atoms with Crippen molar-refractivity contribution < 1.29 is 4.74 Å². The molecule has 1 aliphatic heterocycles. The molecule has 1 aromatic rings. The van der Waals surface area contributed by atoms with Crippen LogP contribution in [-0.2, 0) is 0 Å². The second-order valence-corrected chi connectivity index (χ2v) is 3.82. The van der Waals surface area contributed by atoms with Crippen molar-refractivity contribution in [2.75, 3.05) is 13.1 Å². The molecule has 3 nitrogen and oxygen atoms in total. The lowest BCUT2D eigenvalue weighted by atomic mass is 10.1. The fourth-order valence-electron chi connectivity index (χ4n) is 1.52. The van der Waals surface area contributed by atoms with Gasteiger partial charge in [-0.15, -0.1) is 24.8 Å². The zero-order valence-electron chi connectivity index (χ0n) is 8.69. The number of rotatable bonds is 2. The third kappa shape index (κ3) is 4.74. The number of hydrogen-bond donors (Lipinski definition) is 1. The summed E-state index contributed by atoms with van der Waals surface area (Å²) >= 11 is 5.73. The Morgan fingerprint density at radius 2 is 1.94 bits per heavy atom. The van der Waals surface area contributed by atoms with Crippen molar-refractivity contribution in [2.24, 2.45) is 0 Å². The normalized spacial score (nSPS) is 15.8. The Bertz CT molecular complexity index is 289. The molecule has 16 heavy (non-hydrogen) atoms. The van der Waals surface area contributed by atoms with Gasteiger partial charge in [-0.2, -0.15) is 0 Å². The number of piperidine rings is 1. The smallest absolute Gasteiger partial charge is 0.213 e. The highest BCUT2D eigenvalue weighted by Gasteiger charge is 2.14. The van der Waals surface area contributed by atoms with Gasteiger partial charge in [0, 0.05) is 12.3 Å². The topological polar surface area (TPSA) is 34.1 Å². The number of nitrogens with zero attached hydrogens (tertiary/aromatic N) is 1. The highest BCUT2D eigenvalue weighted by molar-refractivity contribution is 6.30. The summed E-state index contributed by atoms with van der Waals surface area (Å²) in [4.78, 5) is 4.10. The predicted molar refractivity (Wildman–Crippen MR) is 70.3 cm³/mol. The lowest BCUT2D eigenvalue weighted by Crippen LogP contribution is -2.34. The third-order valence-electron chi connectivity index (χ3n) is 2.27. The van der Waals surface area contributed by atoms with Gasteiger partial charge in [-0.05, 0) is 32.0 Å². The van der Waals surface area contributed by atoms with Gasteiger partial charge in [-0.3, -0.25) is 0 Å². The molecule has 0 amide bonds.